The summed E-state index contributed by atoms with van der Waals surface area (Å²) < 4.78 is 0. The van der Waals surface area contributed by atoms with Crippen LogP contribution in [0.3, 0.4) is 0 Å². The predicted octanol–water partition coefficient (Wildman–Crippen LogP) is 0.839. The average Bonchev–Trinajstić information content (AvgIpc) is 2.70. The number of hydrogen-bond donors (Lipinski definition) is 2. The molecule has 2 heterocycles. The van der Waals surface area contributed by atoms with Crippen molar-refractivity contribution in [3.05, 3.63) is 39.1 Å². The molecule has 2 aromatic heterocycles. The second-order valence-electron chi connectivity index (χ2n) is 2.64. The molecule has 5 nitrogen and oxygen atoms in total. The summed E-state index contributed by atoms with van der Waals surface area (Å²) in [7, 11) is 0. The topological polar surface area (TPSA) is 70.7 Å². The Hall–Kier alpha value is -1.69. The maximum atomic E-state index is 10.7. The Morgan fingerprint density at radius 3 is 3.07 bits per heavy atom. The van der Waals surface area contributed by atoms with Crippen LogP contribution in [0.25, 0.3) is 0 Å². The van der Waals surface area contributed by atoms with Crippen molar-refractivity contribution in [2.45, 2.75) is 6.54 Å². The molecule has 2 N–H and O–H groups in total. The van der Waals surface area contributed by atoms with Crippen molar-refractivity contribution in [3.63, 3.8) is 0 Å². The van der Waals surface area contributed by atoms with Crippen LogP contribution in [0.2, 0.25) is 0 Å². The lowest BCUT2D eigenvalue weighted by Crippen LogP contribution is -2.09. The number of nitrogens with one attached hydrogen (secondary N) is 2. The van der Waals surface area contributed by atoms with E-state index in [1.165, 1.54) is 6.07 Å². The Balaban J connectivity index is 1.99. The van der Waals surface area contributed by atoms with Crippen LogP contribution in [0.15, 0.2) is 27.8 Å². The third-order valence-corrected chi connectivity index (χ3v) is 2.25. The first kappa shape index (κ1) is 8.89. The minimum Gasteiger partial charge on any atom is -0.363 e. The van der Waals surface area contributed by atoms with Crippen LogP contribution in [0.4, 0.5) is 5.82 Å². The monoisotopic (exact) mass is 208 g/mol. The molecule has 14 heavy (non-hydrogen) atoms. The smallest absolute Gasteiger partial charge is 0.264 e. The SMILES string of the molecule is O=c1ccc(NCc2cscn2)n[nH]1. The first-order valence-electron chi connectivity index (χ1n) is 4.01. The van der Waals surface area contributed by atoms with E-state index < -0.39 is 0 Å². The molecule has 72 valence electrons. The summed E-state index contributed by atoms with van der Waals surface area (Å²) in [6, 6.07) is 3.06. The molecule has 2 aromatic rings. The molecular weight excluding hydrogens is 200 g/mol. The Labute approximate surface area is 83.8 Å². The van der Waals surface area contributed by atoms with Gasteiger partial charge < -0.3 is 5.32 Å². The predicted molar refractivity (Wildman–Crippen MR) is 54.3 cm³/mol. The Bertz CT molecular complexity index is 430. The van der Waals surface area contributed by atoms with Gasteiger partial charge in [-0.3, -0.25) is 4.79 Å². The second-order valence-corrected chi connectivity index (χ2v) is 3.36. The standard InChI is InChI=1S/C8H8N4OS/c13-8-2-1-7(11-12-8)9-3-6-4-14-5-10-6/h1-2,4-5H,3H2,(H,9,11)(H,12,13). The number of thiazole rings is 1. The molecule has 0 spiro atoms. The summed E-state index contributed by atoms with van der Waals surface area (Å²) in [4.78, 5) is 14.8. The minimum atomic E-state index is -0.204. The minimum absolute atomic E-state index is 0.204. The molecular formula is C8H8N4OS. The van der Waals surface area contributed by atoms with Gasteiger partial charge in [0.15, 0.2) is 0 Å². The average molecular weight is 208 g/mol. The van der Waals surface area contributed by atoms with E-state index in [2.05, 4.69) is 20.5 Å². The van der Waals surface area contributed by atoms with E-state index in [0.717, 1.165) is 5.69 Å². The van der Waals surface area contributed by atoms with Crippen molar-refractivity contribution < 1.29 is 0 Å². The van der Waals surface area contributed by atoms with Crippen LogP contribution in [0.1, 0.15) is 5.69 Å². The van der Waals surface area contributed by atoms with E-state index in [1.807, 2.05) is 5.38 Å². The fourth-order valence-electron chi connectivity index (χ4n) is 0.949. The Kier molecular flexibility index (Phi) is 2.55. The van der Waals surface area contributed by atoms with Gasteiger partial charge in [0, 0.05) is 11.4 Å². The molecule has 0 bridgehead atoms. The number of nitrogens with zero attached hydrogens (tertiary/aromatic N) is 2. The van der Waals surface area contributed by atoms with Gasteiger partial charge in [-0.2, -0.15) is 5.10 Å². The molecule has 0 aliphatic rings. The zero-order valence-electron chi connectivity index (χ0n) is 7.23. The number of hydrogen-bond acceptors (Lipinski definition) is 5. The van der Waals surface area contributed by atoms with Gasteiger partial charge in [-0.25, -0.2) is 10.1 Å². The molecule has 0 aliphatic heterocycles. The third kappa shape index (κ3) is 2.17. The van der Waals surface area contributed by atoms with Crippen molar-refractivity contribution in [2.24, 2.45) is 0 Å². The van der Waals surface area contributed by atoms with Gasteiger partial charge >= 0.3 is 0 Å². The van der Waals surface area contributed by atoms with Gasteiger partial charge in [0.25, 0.3) is 5.56 Å². The maximum absolute atomic E-state index is 10.7. The van der Waals surface area contributed by atoms with Gasteiger partial charge in [0.1, 0.15) is 5.82 Å². The molecule has 0 atom stereocenters. The van der Waals surface area contributed by atoms with Gasteiger partial charge in [0.05, 0.1) is 17.7 Å². The molecule has 0 aliphatic carbocycles. The van der Waals surface area contributed by atoms with E-state index in [9.17, 15) is 4.79 Å². The van der Waals surface area contributed by atoms with E-state index in [-0.39, 0.29) is 5.56 Å². The molecule has 0 saturated carbocycles. The maximum Gasteiger partial charge on any atom is 0.264 e. The molecule has 0 radical (unpaired) electrons. The van der Waals surface area contributed by atoms with E-state index in [4.69, 9.17) is 0 Å². The van der Waals surface area contributed by atoms with Crippen LogP contribution in [-0.4, -0.2) is 15.2 Å². The third-order valence-electron chi connectivity index (χ3n) is 1.61. The number of aromatic amines is 1. The van der Waals surface area contributed by atoms with Gasteiger partial charge in [-0.05, 0) is 6.07 Å². The van der Waals surface area contributed by atoms with Crippen LogP contribution >= 0.6 is 11.3 Å². The quantitative estimate of drug-likeness (QED) is 0.784. The summed E-state index contributed by atoms with van der Waals surface area (Å²) in [5.74, 6) is 0.637. The molecule has 0 saturated heterocycles. The summed E-state index contributed by atoms with van der Waals surface area (Å²) in [5.41, 5.74) is 2.53. The van der Waals surface area contributed by atoms with Crippen LogP contribution < -0.4 is 10.9 Å². The highest BCUT2D eigenvalue weighted by molar-refractivity contribution is 7.07. The van der Waals surface area contributed by atoms with Crippen molar-refractivity contribution in [1.82, 2.24) is 15.2 Å². The van der Waals surface area contributed by atoms with Crippen LogP contribution in [-0.2, 0) is 6.54 Å². The lowest BCUT2D eigenvalue weighted by atomic mass is 10.4. The largest absolute Gasteiger partial charge is 0.363 e. The highest BCUT2D eigenvalue weighted by Gasteiger charge is 1.95. The summed E-state index contributed by atoms with van der Waals surface area (Å²) in [6.45, 7) is 0.614. The van der Waals surface area contributed by atoms with Crippen molar-refractivity contribution in [1.29, 1.82) is 0 Å². The Morgan fingerprint density at radius 2 is 2.43 bits per heavy atom. The normalized spacial score (nSPS) is 10.0. The molecule has 0 aromatic carbocycles. The van der Waals surface area contributed by atoms with E-state index in [0.29, 0.717) is 12.4 Å². The zero-order chi connectivity index (χ0) is 9.80. The van der Waals surface area contributed by atoms with Crippen LogP contribution in [0.5, 0.6) is 0 Å². The number of aromatic nitrogens is 3. The fraction of sp³-hybridized carbons (Fsp3) is 0.125. The highest BCUT2D eigenvalue weighted by atomic mass is 32.1. The molecule has 0 unspecified atom stereocenters. The number of H-pyrrole nitrogens is 1. The molecule has 0 amide bonds. The first-order chi connectivity index (χ1) is 6.84. The molecule has 6 heteroatoms. The fourth-order valence-corrected chi connectivity index (χ4v) is 1.51. The second kappa shape index (κ2) is 4.01. The highest BCUT2D eigenvalue weighted by Crippen LogP contribution is 2.04. The van der Waals surface area contributed by atoms with E-state index in [1.54, 1.807) is 22.9 Å². The summed E-state index contributed by atoms with van der Waals surface area (Å²) >= 11 is 1.55. The first-order valence-corrected chi connectivity index (χ1v) is 4.95. The van der Waals surface area contributed by atoms with E-state index >= 15 is 0 Å². The zero-order valence-corrected chi connectivity index (χ0v) is 8.04. The summed E-state index contributed by atoms with van der Waals surface area (Å²) in [6.07, 6.45) is 0. The van der Waals surface area contributed by atoms with Gasteiger partial charge in [-0.15, -0.1) is 11.3 Å². The lowest BCUT2D eigenvalue weighted by molar-refractivity contribution is 0.960. The van der Waals surface area contributed by atoms with Crippen molar-refractivity contribution in [2.75, 3.05) is 5.32 Å². The number of rotatable bonds is 3. The Morgan fingerprint density at radius 1 is 1.50 bits per heavy atom. The van der Waals surface area contributed by atoms with Gasteiger partial charge in [0.2, 0.25) is 0 Å². The van der Waals surface area contributed by atoms with Crippen molar-refractivity contribution >= 4 is 17.2 Å². The van der Waals surface area contributed by atoms with Crippen molar-refractivity contribution in [3.8, 4) is 0 Å². The molecule has 2 rings (SSSR count). The number of anilines is 1. The summed E-state index contributed by atoms with van der Waals surface area (Å²) in [5, 5.41) is 11.1. The molecule has 0 fully saturated rings. The lowest BCUT2D eigenvalue weighted by Gasteiger charge is -2.00. The van der Waals surface area contributed by atoms with Crippen LogP contribution in [0, 0.1) is 0 Å². The van der Waals surface area contributed by atoms with Gasteiger partial charge in [-0.1, -0.05) is 0 Å².